The number of halogens is 2. The molecule has 134 valence electrons. The van der Waals surface area contributed by atoms with Crippen LogP contribution in [0.3, 0.4) is 0 Å². The zero-order chi connectivity index (χ0) is 18.9. The highest BCUT2D eigenvalue weighted by atomic mass is 35.5. The number of nitriles is 1. The molecular formula is C15H17Cl2N5O3. The first kappa shape index (κ1) is 20.7. The Morgan fingerprint density at radius 3 is 2.60 bits per heavy atom. The van der Waals surface area contributed by atoms with Gasteiger partial charge in [0.2, 0.25) is 6.33 Å². The summed E-state index contributed by atoms with van der Waals surface area (Å²) >= 11 is 12.3. The van der Waals surface area contributed by atoms with Crippen molar-refractivity contribution in [1.82, 2.24) is 10.2 Å². The van der Waals surface area contributed by atoms with Crippen LogP contribution in [0.5, 0.6) is 0 Å². The maximum atomic E-state index is 9.86. The van der Waals surface area contributed by atoms with Crippen LogP contribution in [0.4, 0.5) is 0 Å². The van der Waals surface area contributed by atoms with E-state index in [2.05, 4.69) is 23.2 Å². The van der Waals surface area contributed by atoms with Crippen LogP contribution in [0, 0.1) is 26.7 Å². The van der Waals surface area contributed by atoms with Crippen molar-refractivity contribution in [1.29, 1.82) is 5.26 Å². The molecule has 0 bridgehead atoms. The Morgan fingerprint density at radius 2 is 2.12 bits per heavy atom. The van der Waals surface area contributed by atoms with E-state index in [0.29, 0.717) is 16.6 Å². The predicted octanol–water partition coefficient (Wildman–Crippen LogP) is 3.42. The van der Waals surface area contributed by atoms with Crippen molar-refractivity contribution >= 4 is 23.2 Å². The van der Waals surface area contributed by atoms with Gasteiger partial charge in [0.15, 0.2) is 0 Å². The van der Waals surface area contributed by atoms with Crippen molar-refractivity contribution in [3.05, 3.63) is 61.8 Å². The van der Waals surface area contributed by atoms with Crippen LogP contribution in [0.15, 0.2) is 30.9 Å². The number of hydrogen-bond acceptors (Lipinski definition) is 5. The van der Waals surface area contributed by atoms with Gasteiger partial charge in [0, 0.05) is 15.1 Å². The van der Waals surface area contributed by atoms with E-state index in [1.54, 1.807) is 24.8 Å². The fourth-order valence-electron chi connectivity index (χ4n) is 2.45. The molecule has 0 radical (unpaired) electrons. The lowest BCUT2D eigenvalue weighted by Gasteiger charge is -2.26. The molecule has 1 heterocycles. The van der Waals surface area contributed by atoms with Gasteiger partial charge in [-0.05, 0) is 24.1 Å². The fourth-order valence-corrected chi connectivity index (χ4v) is 3.04. The number of aromatic nitrogens is 3. The largest absolute Gasteiger partial charge is 0.356 e. The fraction of sp³-hybridized carbons (Fsp3) is 0.400. The van der Waals surface area contributed by atoms with E-state index in [-0.39, 0.29) is 0 Å². The molecule has 8 nitrogen and oxygen atoms in total. The van der Waals surface area contributed by atoms with Gasteiger partial charge in [-0.25, -0.2) is 4.57 Å². The Bertz CT molecular complexity index is 729. The van der Waals surface area contributed by atoms with Gasteiger partial charge in [0.05, 0.1) is 17.7 Å². The summed E-state index contributed by atoms with van der Waals surface area (Å²) in [4.78, 5) is 8.25. The predicted molar refractivity (Wildman–Crippen MR) is 92.4 cm³/mol. The first-order valence-electron chi connectivity index (χ1n) is 7.40. The molecular weight excluding hydrogens is 369 g/mol. The van der Waals surface area contributed by atoms with Gasteiger partial charge >= 0.3 is 0 Å². The van der Waals surface area contributed by atoms with Gasteiger partial charge < -0.3 is 15.3 Å². The first-order chi connectivity index (χ1) is 11.8. The molecule has 10 heteroatoms. The number of rotatable bonds is 6. The van der Waals surface area contributed by atoms with Crippen LogP contribution in [0.1, 0.15) is 31.7 Å². The van der Waals surface area contributed by atoms with Crippen molar-refractivity contribution in [3.8, 4) is 6.07 Å². The summed E-state index contributed by atoms with van der Waals surface area (Å²) in [6.07, 6.45) is 6.11. The highest BCUT2D eigenvalue weighted by Crippen LogP contribution is 2.36. The zero-order valence-electron chi connectivity index (χ0n) is 13.5. The second kappa shape index (κ2) is 9.81. The van der Waals surface area contributed by atoms with E-state index in [1.165, 1.54) is 0 Å². The van der Waals surface area contributed by atoms with E-state index in [9.17, 15) is 5.26 Å². The third-order valence-electron chi connectivity index (χ3n) is 3.57. The molecule has 25 heavy (non-hydrogen) atoms. The molecule has 0 aliphatic heterocycles. The Balaban J connectivity index is 0.000000705. The first-order valence-corrected chi connectivity index (χ1v) is 8.16. The van der Waals surface area contributed by atoms with Crippen LogP contribution >= 0.6 is 23.2 Å². The second-order valence-electron chi connectivity index (χ2n) is 5.32. The standard InChI is InChI=1S/C15H16Cl2N4.NO3/c1-2-3-6-15(8-18,9-21-10-19-20-11-21)13-5-4-12(16)7-14(13)17;2-1(3)4/h4-5,7,10-11H,2-3,6,9H2,1H3;/q;-1/p+1. The van der Waals surface area contributed by atoms with E-state index >= 15 is 0 Å². The molecule has 0 amide bonds. The van der Waals surface area contributed by atoms with Crippen LogP contribution in [-0.2, 0) is 12.0 Å². The molecule has 0 aliphatic rings. The van der Waals surface area contributed by atoms with Crippen molar-refractivity contribution in [2.24, 2.45) is 0 Å². The second-order valence-corrected chi connectivity index (χ2v) is 6.16. The van der Waals surface area contributed by atoms with Crippen LogP contribution in [0.25, 0.3) is 0 Å². The Hall–Kier alpha value is -2.37. The maximum absolute atomic E-state index is 9.86. The summed E-state index contributed by atoms with van der Waals surface area (Å²) < 4.78 is 1.86. The number of H-pyrrole nitrogens is 1. The molecule has 1 unspecified atom stereocenters. The highest BCUT2D eigenvalue weighted by Gasteiger charge is 2.36. The molecule has 1 atom stereocenters. The van der Waals surface area contributed by atoms with Gasteiger partial charge in [-0.15, -0.1) is 5.10 Å². The monoisotopic (exact) mass is 385 g/mol. The molecule has 0 fully saturated rings. The third-order valence-corrected chi connectivity index (χ3v) is 4.12. The summed E-state index contributed by atoms with van der Waals surface area (Å²) in [5.41, 5.74) is 0.130. The van der Waals surface area contributed by atoms with E-state index in [1.807, 2.05) is 10.6 Å². The summed E-state index contributed by atoms with van der Waals surface area (Å²) in [6.45, 7) is 2.61. The van der Waals surface area contributed by atoms with Gasteiger partial charge in [-0.1, -0.05) is 49.0 Å². The number of hydrogen-bond donors (Lipinski definition) is 1. The molecule has 0 saturated carbocycles. The number of aromatic amines is 1. The van der Waals surface area contributed by atoms with E-state index < -0.39 is 10.5 Å². The smallest absolute Gasteiger partial charge is 0.265 e. The number of nitrogens with one attached hydrogen (secondary N) is 1. The SMILES string of the molecule is CCCCC(C#N)(C[n+]1cn[nH]c1)c1ccc(Cl)cc1Cl.O=[N+]([O-])[O-]. The number of nitrogens with zero attached hydrogens (tertiary/aromatic N) is 4. The minimum Gasteiger partial charge on any atom is -0.356 e. The van der Waals surface area contributed by atoms with Crippen LogP contribution in [-0.4, -0.2) is 15.3 Å². The van der Waals surface area contributed by atoms with Crippen LogP contribution < -0.4 is 4.57 Å². The lowest BCUT2D eigenvalue weighted by atomic mass is 9.77. The average Bonchev–Trinajstić information content (AvgIpc) is 3.04. The normalized spacial score (nSPS) is 12.4. The average molecular weight is 386 g/mol. The van der Waals surface area contributed by atoms with Gasteiger partial charge in [-0.2, -0.15) is 5.26 Å². The minimum atomic E-state index is -1.75. The number of unbranched alkanes of at least 4 members (excludes halogenated alkanes) is 1. The lowest BCUT2D eigenvalue weighted by Crippen LogP contribution is -2.44. The van der Waals surface area contributed by atoms with Crippen molar-refractivity contribution < 1.29 is 9.65 Å². The molecule has 2 rings (SSSR count). The van der Waals surface area contributed by atoms with Gasteiger partial charge in [0.1, 0.15) is 5.41 Å². The molecule has 1 aromatic heterocycles. The summed E-state index contributed by atoms with van der Waals surface area (Å²) in [7, 11) is 0. The summed E-state index contributed by atoms with van der Waals surface area (Å²) in [6, 6.07) is 7.80. The van der Waals surface area contributed by atoms with Crippen molar-refractivity contribution in [2.45, 2.75) is 38.1 Å². The maximum Gasteiger partial charge on any atom is 0.265 e. The topological polar surface area (TPSA) is 123 Å². The summed E-state index contributed by atoms with van der Waals surface area (Å²) in [5, 5.41) is 32.4. The Labute approximate surface area is 154 Å². The van der Waals surface area contributed by atoms with Gasteiger partial charge in [0.25, 0.3) is 6.33 Å². The zero-order valence-corrected chi connectivity index (χ0v) is 15.0. The Morgan fingerprint density at radius 1 is 1.44 bits per heavy atom. The lowest BCUT2D eigenvalue weighted by molar-refractivity contribution is -0.703. The van der Waals surface area contributed by atoms with Crippen LogP contribution in [0.2, 0.25) is 10.0 Å². The van der Waals surface area contributed by atoms with E-state index in [0.717, 1.165) is 24.8 Å². The van der Waals surface area contributed by atoms with Crippen molar-refractivity contribution in [2.75, 3.05) is 0 Å². The molecule has 0 saturated heterocycles. The number of benzene rings is 1. The Kier molecular flexibility index (Phi) is 8.11. The molecule has 0 aliphatic carbocycles. The molecule has 1 N–H and O–H groups in total. The molecule has 1 aromatic carbocycles. The minimum absolute atomic E-state index is 0.501. The third kappa shape index (κ3) is 6.21. The summed E-state index contributed by atoms with van der Waals surface area (Å²) in [5.74, 6) is 0. The van der Waals surface area contributed by atoms with Gasteiger partial charge in [-0.3, -0.25) is 0 Å². The van der Waals surface area contributed by atoms with E-state index in [4.69, 9.17) is 38.5 Å². The molecule has 0 spiro atoms. The highest BCUT2D eigenvalue weighted by molar-refractivity contribution is 6.35. The molecule has 2 aromatic rings. The quantitative estimate of drug-likeness (QED) is 0.463. The van der Waals surface area contributed by atoms with Crippen molar-refractivity contribution in [3.63, 3.8) is 0 Å².